The fraction of sp³-hybridized carbons (Fsp3) is 0.647. The molecule has 1 unspecified atom stereocenters. The van der Waals surface area contributed by atoms with Gasteiger partial charge in [-0.05, 0) is 77.3 Å². The first-order chi connectivity index (χ1) is 9.47. The number of hydrogen-bond donors (Lipinski definition) is 1. The van der Waals surface area contributed by atoms with E-state index < -0.39 is 0 Å². The lowest BCUT2D eigenvalue weighted by Gasteiger charge is -2.23. The van der Waals surface area contributed by atoms with Gasteiger partial charge in [0.1, 0.15) is 5.75 Å². The lowest BCUT2D eigenvalue weighted by molar-refractivity contribution is 0.253. The number of nitrogens with one attached hydrogen (secondary N) is 1. The van der Waals surface area contributed by atoms with Gasteiger partial charge in [-0.3, -0.25) is 0 Å². The largest absolute Gasteiger partial charge is 0.492 e. The Morgan fingerprint density at radius 3 is 2.67 bits per heavy atom. The average Bonchev–Trinajstić information content (AvgIpc) is 2.40. The first kappa shape index (κ1) is 18.8. The molecule has 1 aliphatic rings. The highest BCUT2D eigenvalue weighted by molar-refractivity contribution is 9.10. The van der Waals surface area contributed by atoms with Crippen LogP contribution >= 0.6 is 28.3 Å². The van der Waals surface area contributed by atoms with Crippen molar-refractivity contribution in [2.45, 2.75) is 45.4 Å². The minimum absolute atomic E-state index is 0. The fourth-order valence-electron chi connectivity index (χ4n) is 2.59. The quantitative estimate of drug-likeness (QED) is 0.804. The summed E-state index contributed by atoms with van der Waals surface area (Å²) in [6, 6.07) is 6.43. The van der Waals surface area contributed by atoms with Crippen LogP contribution in [0.15, 0.2) is 22.7 Å². The van der Waals surface area contributed by atoms with Gasteiger partial charge in [0.2, 0.25) is 0 Å². The summed E-state index contributed by atoms with van der Waals surface area (Å²) in [5.41, 5.74) is 1.50. The topological polar surface area (TPSA) is 21.3 Å². The molecule has 0 aromatic heterocycles. The van der Waals surface area contributed by atoms with Gasteiger partial charge in [0, 0.05) is 0 Å². The molecule has 4 heteroatoms. The highest BCUT2D eigenvalue weighted by Gasteiger charge is 2.16. The number of hydrogen-bond acceptors (Lipinski definition) is 2. The van der Waals surface area contributed by atoms with Gasteiger partial charge < -0.3 is 10.1 Å². The molecule has 0 radical (unpaired) electrons. The van der Waals surface area contributed by atoms with E-state index in [0.717, 1.165) is 35.7 Å². The number of piperidine rings is 1. The molecule has 0 bridgehead atoms. The molecular weight excluding hydrogens is 350 g/mol. The van der Waals surface area contributed by atoms with E-state index in [1.807, 2.05) is 0 Å². The second-order valence-electron chi connectivity index (χ2n) is 6.74. The minimum atomic E-state index is 0. The molecule has 1 saturated heterocycles. The number of halogens is 2. The molecule has 120 valence electrons. The van der Waals surface area contributed by atoms with Crippen molar-refractivity contribution in [2.75, 3.05) is 19.7 Å². The van der Waals surface area contributed by atoms with E-state index in [4.69, 9.17) is 4.74 Å². The molecule has 0 amide bonds. The zero-order chi connectivity index (χ0) is 14.6. The van der Waals surface area contributed by atoms with Crippen LogP contribution in [0.3, 0.4) is 0 Å². The van der Waals surface area contributed by atoms with Crippen LogP contribution in [0.25, 0.3) is 0 Å². The maximum atomic E-state index is 5.93. The molecular formula is C17H27BrClNO. The van der Waals surface area contributed by atoms with Crippen LogP contribution in [0.5, 0.6) is 5.75 Å². The molecule has 1 atom stereocenters. The highest BCUT2D eigenvalue weighted by atomic mass is 79.9. The second-order valence-corrected chi connectivity index (χ2v) is 7.60. The summed E-state index contributed by atoms with van der Waals surface area (Å²) in [6.45, 7) is 9.81. The Morgan fingerprint density at radius 1 is 1.33 bits per heavy atom. The summed E-state index contributed by atoms with van der Waals surface area (Å²) < 4.78 is 6.99. The molecule has 0 saturated carbocycles. The summed E-state index contributed by atoms with van der Waals surface area (Å²) >= 11 is 3.63. The SMILES string of the molecule is CC(C)(C)c1ccc(OCCC2CCCNC2)c(Br)c1.Cl. The molecule has 2 nitrogen and oxygen atoms in total. The van der Waals surface area contributed by atoms with Gasteiger partial charge in [-0.15, -0.1) is 12.4 Å². The molecule has 1 aromatic carbocycles. The van der Waals surface area contributed by atoms with Crippen molar-refractivity contribution >= 4 is 28.3 Å². The van der Waals surface area contributed by atoms with Crippen molar-refractivity contribution < 1.29 is 4.74 Å². The number of ether oxygens (including phenoxy) is 1. The van der Waals surface area contributed by atoms with Crippen LogP contribution in [-0.2, 0) is 5.41 Å². The normalized spacial score (nSPS) is 19.0. The van der Waals surface area contributed by atoms with Gasteiger partial charge in [-0.1, -0.05) is 26.8 Å². The summed E-state index contributed by atoms with van der Waals surface area (Å²) in [5, 5.41) is 3.45. The third-order valence-corrected chi connectivity index (χ3v) is 4.60. The van der Waals surface area contributed by atoms with Crippen LogP contribution < -0.4 is 10.1 Å². The summed E-state index contributed by atoms with van der Waals surface area (Å²) in [7, 11) is 0. The van der Waals surface area contributed by atoms with E-state index in [1.165, 1.54) is 24.9 Å². The third kappa shape index (κ3) is 5.80. The Hall–Kier alpha value is -0.250. The van der Waals surface area contributed by atoms with Crippen LogP contribution in [0.2, 0.25) is 0 Å². The van der Waals surface area contributed by atoms with E-state index in [9.17, 15) is 0 Å². The molecule has 1 N–H and O–H groups in total. The van der Waals surface area contributed by atoms with Gasteiger partial charge in [0.15, 0.2) is 0 Å². The van der Waals surface area contributed by atoms with E-state index >= 15 is 0 Å². The minimum Gasteiger partial charge on any atom is -0.492 e. The zero-order valence-corrected chi connectivity index (χ0v) is 15.6. The Labute approximate surface area is 143 Å². The van der Waals surface area contributed by atoms with E-state index in [0.29, 0.717) is 0 Å². The van der Waals surface area contributed by atoms with Crippen LogP contribution in [0, 0.1) is 5.92 Å². The maximum absolute atomic E-state index is 5.93. The van der Waals surface area contributed by atoms with Gasteiger partial charge in [-0.25, -0.2) is 0 Å². The Balaban J connectivity index is 0.00000220. The standard InChI is InChI=1S/C17H26BrNO.ClH/c1-17(2,3)14-6-7-16(15(18)11-14)20-10-8-13-5-4-9-19-12-13;/h6-7,11,13,19H,4-5,8-10,12H2,1-3H3;1H. The first-order valence-electron chi connectivity index (χ1n) is 7.60. The predicted octanol–water partition coefficient (Wildman–Crippen LogP) is 4.94. The highest BCUT2D eigenvalue weighted by Crippen LogP contribution is 2.31. The monoisotopic (exact) mass is 375 g/mol. The molecule has 1 aliphatic heterocycles. The molecule has 21 heavy (non-hydrogen) atoms. The number of benzene rings is 1. The second kappa shape index (κ2) is 8.40. The zero-order valence-electron chi connectivity index (χ0n) is 13.2. The average molecular weight is 377 g/mol. The molecule has 1 fully saturated rings. The Morgan fingerprint density at radius 2 is 2.10 bits per heavy atom. The van der Waals surface area contributed by atoms with Gasteiger partial charge >= 0.3 is 0 Å². The molecule has 1 aromatic rings. The van der Waals surface area contributed by atoms with Crippen LogP contribution in [-0.4, -0.2) is 19.7 Å². The summed E-state index contributed by atoms with van der Waals surface area (Å²) in [6.07, 6.45) is 3.77. The van der Waals surface area contributed by atoms with E-state index in [-0.39, 0.29) is 17.8 Å². The van der Waals surface area contributed by atoms with Crippen molar-refractivity contribution in [3.8, 4) is 5.75 Å². The van der Waals surface area contributed by atoms with Crippen molar-refractivity contribution in [1.29, 1.82) is 0 Å². The number of rotatable bonds is 4. The maximum Gasteiger partial charge on any atom is 0.133 e. The third-order valence-electron chi connectivity index (χ3n) is 3.98. The fourth-order valence-corrected chi connectivity index (χ4v) is 3.08. The van der Waals surface area contributed by atoms with Crippen molar-refractivity contribution in [3.05, 3.63) is 28.2 Å². The van der Waals surface area contributed by atoms with Gasteiger partial charge in [0.05, 0.1) is 11.1 Å². The molecule has 0 aliphatic carbocycles. The molecule has 2 rings (SSSR count). The smallest absolute Gasteiger partial charge is 0.133 e. The molecule has 0 spiro atoms. The Kier molecular flexibility index (Phi) is 7.52. The summed E-state index contributed by atoms with van der Waals surface area (Å²) in [4.78, 5) is 0. The Bertz CT molecular complexity index is 439. The van der Waals surface area contributed by atoms with Crippen molar-refractivity contribution in [1.82, 2.24) is 5.32 Å². The lowest BCUT2D eigenvalue weighted by atomic mass is 9.87. The lowest BCUT2D eigenvalue weighted by Crippen LogP contribution is -2.30. The first-order valence-corrected chi connectivity index (χ1v) is 8.39. The van der Waals surface area contributed by atoms with E-state index in [1.54, 1.807) is 0 Å². The van der Waals surface area contributed by atoms with Gasteiger partial charge in [-0.2, -0.15) is 0 Å². The summed E-state index contributed by atoms with van der Waals surface area (Å²) in [5.74, 6) is 1.73. The van der Waals surface area contributed by atoms with Gasteiger partial charge in [0.25, 0.3) is 0 Å². The van der Waals surface area contributed by atoms with Crippen LogP contribution in [0.4, 0.5) is 0 Å². The van der Waals surface area contributed by atoms with Crippen molar-refractivity contribution in [2.24, 2.45) is 5.92 Å². The van der Waals surface area contributed by atoms with E-state index in [2.05, 4.69) is 60.2 Å². The predicted molar refractivity (Wildman–Crippen MR) is 95.8 cm³/mol. The van der Waals surface area contributed by atoms with Crippen LogP contribution in [0.1, 0.15) is 45.6 Å². The molecule has 1 heterocycles. The van der Waals surface area contributed by atoms with Crippen molar-refractivity contribution in [3.63, 3.8) is 0 Å².